The number of amides is 1. The Bertz CT molecular complexity index is 591. The zero-order valence-corrected chi connectivity index (χ0v) is 12.2. The predicted octanol–water partition coefficient (Wildman–Crippen LogP) is 1.90. The van der Waals surface area contributed by atoms with Crippen LogP contribution in [0.25, 0.3) is 10.8 Å². The van der Waals surface area contributed by atoms with Crippen molar-refractivity contribution in [2.24, 2.45) is 0 Å². The van der Waals surface area contributed by atoms with Crippen LogP contribution in [0, 0.1) is 0 Å². The highest BCUT2D eigenvalue weighted by Crippen LogP contribution is 2.16. The number of hydrogen-bond donors (Lipinski definition) is 2. The van der Waals surface area contributed by atoms with Crippen molar-refractivity contribution in [1.82, 2.24) is 5.32 Å². The van der Waals surface area contributed by atoms with Crippen molar-refractivity contribution in [3.63, 3.8) is 0 Å². The van der Waals surface area contributed by atoms with Crippen LogP contribution < -0.4 is 5.32 Å². The molecule has 0 saturated carbocycles. The Morgan fingerprint density at radius 3 is 2.71 bits per heavy atom. The third-order valence-electron chi connectivity index (χ3n) is 3.39. The fourth-order valence-electron chi connectivity index (χ4n) is 2.37. The van der Waals surface area contributed by atoms with E-state index in [-0.39, 0.29) is 18.6 Å². The van der Waals surface area contributed by atoms with Crippen molar-refractivity contribution in [2.75, 3.05) is 20.3 Å². The molecule has 1 unspecified atom stereocenters. The third kappa shape index (κ3) is 4.55. The molecule has 0 fully saturated rings. The maximum Gasteiger partial charge on any atom is 0.224 e. The Kier molecular flexibility index (Phi) is 5.72. The maximum absolute atomic E-state index is 12.1. The first-order valence-electron chi connectivity index (χ1n) is 7.09. The highest BCUT2D eigenvalue weighted by molar-refractivity contribution is 5.85. The van der Waals surface area contributed by atoms with Crippen LogP contribution in [0.5, 0.6) is 0 Å². The molecule has 4 nitrogen and oxygen atoms in total. The number of methoxy groups -OCH3 is 1. The molecular weight excluding hydrogens is 266 g/mol. The summed E-state index contributed by atoms with van der Waals surface area (Å²) in [5.74, 6) is -0.0548. The lowest BCUT2D eigenvalue weighted by atomic mass is 10.0. The van der Waals surface area contributed by atoms with Gasteiger partial charge in [0.2, 0.25) is 5.91 Å². The van der Waals surface area contributed by atoms with Crippen molar-refractivity contribution in [3.05, 3.63) is 48.0 Å². The number of rotatable bonds is 7. The molecule has 0 aromatic heterocycles. The van der Waals surface area contributed by atoms with Crippen molar-refractivity contribution in [3.8, 4) is 0 Å². The monoisotopic (exact) mass is 287 g/mol. The summed E-state index contributed by atoms with van der Waals surface area (Å²) in [6.07, 6.45) is 0.827. The molecule has 1 amide bonds. The van der Waals surface area contributed by atoms with Crippen LogP contribution in [-0.2, 0) is 16.0 Å². The molecule has 2 aromatic rings. The van der Waals surface area contributed by atoms with Gasteiger partial charge in [-0.3, -0.25) is 4.79 Å². The highest BCUT2D eigenvalue weighted by Gasteiger charge is 2.12. The summed E-state index contributed by atoms with van der Waals surface area (Å²) < 4.78 is 5.04. The van der Waals surface area contributed by atoms with E-state index in [0.717, 1.165) is 10.9 Å². The number of carbonyl (C=O) groups is 1. The molecule has 2 N–H and O–H groups in total. The fraction of sp³-hybridized carbons (Fsp3) is 0.353. The van der Waals surface area contributed by atoms with Gasteiger partial charge in [-0.25, -0.2) is 0 Å². The average Bonchev–Trinajstić information content (AvgIpc) is 2.47. The Morgan fingerprint density at radius 2 is 2.00 bits per heavy atom. The lowest BCUT2D eigenvalue weighted by Crippen LogP contribution is -2.39. The average molecular weight is 287 g/mol. The molecule has 0 aliphatic heterocycles. The lowest BCUT2D eigenvalue weighted by Gasteiger charge is -2.16. The molecule has 2 rings (SSSR count). The quantitative estimate of drug-likeness (QED) is 0.817. The zero-order valence-electron chi connectivity index (χ0n) is 12.2. The SMILES string of the molecule is COCC(CCO)NC(=O)Cc1ccc2ccccc2c1. The predicted molar refractivity (Wildman–Crippen MR) is 83.2 cm³/mol. The molecular formula is C17H21NO3. The fourth-order valence-corrected chi connectivity index (χ4v) is 2.37. The van der Waals surface area contributed by atoms with Gasteiger partial charge in [0.05, 0.1) is 19.1 Å². The van der Waals surface area contributed by atoms with E-state index in [0.29, 0.717) is 19.4 Å². The largest absolute Gasteiger partial charge is 0.396 e. The van der Waals surface area contributed by atoms with Gasteiger partial charge in [0.25, 0.3) is 0 Å². The van der Waals surface area contributed by atoms with E-state index in [4.69, 9.17) is 9.84 Å². The molecule has 0 bridgehead atoms. The van der Waals surface area contributed by atoms with Gasteiger partial charge in [0, 0.05) is 13.7 Å². The Hall–Kier alpha value is -1.91. The number of ether oxygens (including phenoxy) is 1. The van der Waals surface area contributed by atoms with E-state index in [1.54, 1.807) is 7.11 Å². The maximum atomic E-state index is 12.1. The lowest BCUT2D eigenvalue weighted by molar-refractivity contribution is -0.121. The van der Waals surface area contributed by atoms with E-state index in [1.165, 1.54) is 5.39 Å². The van der Waals surface area contributed by atoms with Gasteiger partial charge in [0.1, 0.15) is 0 Å². The van der Waals surface area contributed by atoms with E-state index >= 15 is 0 Å². The topological polar surface area (TPSA) is 58.6 Å². The van der Waals surface area contributed by atoms with Crippen molar-refractivity contribution in [2.45, 2.75) is 18.9 Å². The van der Waals surface area contributed by atoms with Gasteiger partial charge < -0.3 is 15.2 Å². The first-order valence-corrected chi connectivity index (χ1v) is 7.09. The molecule has 0 spiro atoms. The normalized spacial score (nSPS) is 12.3. The van der Waals surface area contributed by atoms with Crippen LogP contribution in [-0.4, -0.2) is 37.4 Å². The minimum atomic E-state index is -0.145. The van der Waals surface area contributed by atoms with Crippen molar-refractivity contribution in [1.29, 1.82) is 0 Å². The summed E-state index contributed by atoms with van der Waals surface area (Å²) in [6.45, 7) is 0.439. The first-order chi connectivity index (χ1) is 10.2. The Morgan fingerprint density at radius 1 is 1.24 bits per heavy atom. The van der Waals surface area contributed by atoms with Crippen LogP contribution in [0.2, 0.25) is 0 Å². The van der Waals surface area contributed by atoms with Gasteiger partial charge in [-0.05, 0) is 22.8 Å². The van der Waals surface area contributed by atoms with Crippen molar-refractivity contribution >= 4 is 16.7 Å². The van der Waals surface area contributed by atoms with E-state index in [1.807, 2.05) is 36.4 Å². The summed E-state index contributed by atoms with van der Waals surface area (Å²) in [4.78, 5) is 12.1. The summed E-state index contributed by atoms with van der Waals surface area (Å²) in [6, 6.07) is 14.0. The van der Waals surface area contributed by atoms with Gasteiger partial charge in [-0.1, -0.05) is 42.5 Å². The van der Waals surface area contributed by atoms with Crippen LogP contribution in [0.15, 0.2) is 42.5 Å². The van der Waals surface area contributed by atoms with E-state index in [9.17, 15) is 4.79 Å². The highest BCUT2D eigenvalue weighted by atomic mass is 16.5. The van der Waals surface area contributed by atoms with Gasteiger partial charge in [0.15, 0.2) is 0 Å². The number of aliphatic hydroxyl groups is 1. The van der Waals surface area contributed by atoms with Gasteiger partial charge in [-0.15, -0.1) is 0 Å². The molecule has 4 heteroatoms. The van der Waals surface area contributed by atoms with Crippen LogP contribution in [0.3, 0.4) is 0 Å². The number of benzene rings is 2. The van der Waals surface area contributed by atoms with Gasteiger partial charge in [-0.2, -0.15) is 0 Å². The summed E-state index contributed by atoms with van der Waals surface area (Å²) in [7, 11) is 1.58. The second kappa shape index (κ2) is 7.76. The Labute approximate surface area is 124 Å². The zero-order chi connectivity index (χ0) is 15.1. The molecule has 21 heavy (non-hydrogen) atoms. The molecule has 2 aromatic carbocycles. The van der Waals surface area contributed by atoms with E-state index in [2.05, 4.69) is 11.4 Å². The van der Waals surface area contributed by atoms with Crippen molar-refractivity contribution < 1.29 is 14.6 Å². The first kappa shape index (κ1) is 15.5. The number of nitrogens with one attached hydrogen (secondary N) is 1. The van der Waals surface area contributed by atoms with E-state index < -0.39 is 0 Å². The minimum absolute atomic E-state index is 0.0320. The molecule has 0 heterocycles. The van der Waals surface area contributed by atoms with Crippen LogP contribution >= 0.6 is 0 Å². The third-order valence-corrected chi connectivity index (χ3v) is 3.39. The standard InChI is InChI=1S/C17H21NO3/c1-21-12-16(8-9-19)18-17(20)11-13-6-7-14-4-2-3-5-15(14)10-13/h2-7,10,16,19H,8-9,11-12H2,1H3,(H,18,20). The second-order valence-corrected chi connectivity index (χ2v) is 5.09. The summed E-state index contributed by atoms with van der Waals surface area (Å²) >= 11 is 0. The number of carbonyl (C=O) groups excluding carboxylic acids is 1. The molecule has 112 valence electrons. The van der Waals surface area contributed by atoms with Crippen LogP contribution in [0.4, 0.5) is 0 Å². The summed E-state index contributed by atoms with van der Waals surface area (Å²) in [5.41, 5.74) is 0.978. The molecule has 0 saturated heterocycles. The number of aliphatic hydroxyl groups excluding tert-OH is 1. The molecule has 0 aliphatic rings. The Balaban J connectivity index is 2.00. The molecule has 1 atom stereocenters. The number of fused-ring (bicyclic) bond motifs is 1. The smallest absolute Gasteiger partial charge is 0.224 e. The van der Waals surface area contributed by atoms with Crippen LogP contribution in [0.1, 0.15) is 12.0 Å². The molecule has 0 aliphatic carbocycles. The minimum Gasteiger partial charge on any atom is -0.396 e. The molecule has 0 radical (unpaired) electrons. The summed E-state index contributed by atoms with van der Waals surface area (Å²) in [5, 5.41) is 14.2. The second-order valence-electron chi connectivity index (χ2n) is 5.09. The number of hydrogen-bond acceptors (Lipinski definition) is 3. The van der Waals surface area contributed by atoms with Gasteiger partial charge >= 0.3 is 0 Å².